The van der Waals surface area contributed by atoms with Gasteiger partial charge in [0.25, 0.3) is 5.91 Å². The van der Waals surface area contributed by atoms with E-state index in [1.165, 1.54) is 11.3 Å². The molecule has 1 aromatic rings. The van der Waals surface area contributed by atoms with Crippen LogP contribution in [0.25, 0.3) is 0 Å². The average molecular weight is 268 g/mol. The van der Waals surface area contributed by atoms with Crippen LogP contribution in [0.4, 0.5) is 5.13 Å². The van der Waals surface area contributed by atoms with Gasteiger partial charge in [-0.3, -0.25) is 4.79 Å². The highest BCUT2D eigenvalue weighted by Crippen LogP contribution is 2.20. The maximum Gasteiger partial charge on any atom is 0.263 e. The van der Waals surface area contributed by atoms with Crippen molar-refractivity contribution in [3.05, 3.63) is 10.6 Å². The van der Waals surface area contributed by atoms with Gasteiger partial charge >= 0.3 is 0 Å². The maximum absolute atomic E-state index is 12.0. The fraction of sp³-hybridized carbons (Fsp3) is 0.667. The molecule has 2 rings (SSSR count). The van der Waals surface area contributed by atoms with E-state index in [2.05, 4.69) is 22.1 Å². The van der Waals surface area contributed by atoms with Crippen molar-refractivity contribution in [2.24, 2.45) is 5.92 Å². The molecule has 1 saturated heterocycles. The number of anilines is 1. The summed E-state index contributed by atoms with van der Waals surface area (Å²) in [5.74, 6) is 0.524. The Morgan fingerprint density at radius 3 is 3.00 bits per heavy atom. The van der Waals surface area contributed by atoms with Crippen LogP contribution in [0.3, 0.4) is 0 Å². The first kappa shape index (κ1) is 13.3. The Morgan fingerprint density at radius 1 is 1.67 bits per heavy atom. The lowest BCUT2D eigenvalue weighted by Crippen LogP contribution is -2.30. The van der Waals surface area contributed by atoms with Crippen molar-refractivity contribution in [2.75, 3.05) is 31.9 Å². The van der Waals surface area contributed by atoms with E-state index >= 15 is 0 Å². The highest BCUT2D eigenvalue weighted by Gasteiger charge is 2.22. The van der Waals surface area contributed by atoms with E-state index in [1.807, 2.05) is 6.92 Å². The van der Waals surface area contributed by atoms with Crippen molar-refractivity contribution in [3.8, 4) is 0 Å². The molecule has 18 heavy (non-hydrogen) atoms. The molecule has 0 saturated carbocycles. The molecule has 1 fully saturated rings. The van der Waals surface area contributed by atoms with Gasteiger partial charge in [-0.25, -0.2) is 4.98 Å². The van der Waals surface area contributed by atoms with Crippen molar-refractivity contribution in [2.45, 2.75) is 20.3 Å². The number of hydrogen-bond donors (Lipinski definition) is 2. The molecule has 0 radical (unpaired) electrons. The number of nitrogens with zero attached hydrogens (tertiary/aromatic N) is 2. The molecule has 100 valence electrons. The van der Waals surface area contributed by atoms with E-state index in [1.54, 1.807) is 0 Å². The molecule has 0 spiro atoms. The molecular formula is C12H20N4OS. The summed E-state index contributed by atoms with van der Waals surface area (Å²) in [7, 11) is 0. The number of aromatic nitrogens is 1. The standard InChI is InChI=1S/C12H20N4OS/c1-3-16-5-4-9(7-16)6-14-11(17)10-8(2)15-12(13)18-10/h9H,3-7H2,1-2H3,(H2,13,15)(H,14,17). The summed E-state index contributed by atoms with van der Waals surface area (Å²) in [6.07, 6.45) is 1.16. The number of carbonyl (C=O) groups excluding carboxylic acids is 1. The van der Waals surface area contributed by atoms with Gasteiger partial charge in [0.15, 0.2) is 5.13 Å². The Balaban J connectivity index is 1.84. The van der Waals surface area contributed by atoms with E-state index in [4.69, 9.17) is 5.73 Å². The van der Waals surface area contributed by atoms with Gasteiger partial charge in [0, 0.05) is 13.1 Å². The van der Waals surface area contributed by atoms with Gasteiger partial charge in [-0.1, -0.05) is 18.3 Å². The molecule has 0 aliphatic carbocycles. The predicted octanol–water partition coefficient (Wildman–Crippen LogP) is 1.11. The highest BCUT2D eigenvalue weighted by atomic mass is 32.1. The molecule has 0 bridgehead atoms. The van der Waals surface area contributed by atoms with Crippen LogP contribution >= 0.6 is 11.3 Å². The molecule has 6 heteroatoms. The minimum absolute atomic E-state index is 0.0448. The third-order valence-electron chi connectivity index (χ3n) is 3.39. The molecular weight excluding hydrogens is 248 g/mol. The highest BCUT2D eigenvalue weighted by molar-refractivity contribution is 7.17. The molecule has 2 heterocycles. The van der Waals surface area contributed by atoms with Gasteiger partial charge in [0.1, 0.15) is 4.88 Å². The van der Waals surface area contributed by atoms with E-state index in [0.717, 1.165) is 38.3 Å². The molecule has 1 aromatic heterocycles. The zero-order valence-electron chi connectivity index (χ0n) is 10.9. The summed E-state index contributed by atoms with van der Waals surface area (Å²) in [4.78, 5) is 19.1. The minimum Gasteiger partial charge on any atom is -0.375 e. The van der Waals surface area contributed by atoms with Crippen LogP contribution in [0.2, 0.25) is 0 Å². The third kappa shape index (κ3) is 3.00. The van der Waals surface area contributed by atoms with Gasteiger partial charge in [-0.2, -0.15) is 0 Å². The molecule has 0 aromatic carbocycles. The number of rotatable bonds is 4. The number of nitrogens with one attached hydrogen (secondary N) is 1. The second-order valence-electron chi connectivity index (χ2n) is 4.72. The van der Waals surface area contributed by atoms with Crippen LogP contribution in [0.1, 0.15) is 28.7 Å². The van der Waals surface area contributed by atoms with Crippen LogP contribution in [0.5, 0.6) is 0 Å². The number of thiazole rings is 1. The van der Waals surface area contributed by atoms with Gasteiger partial charge in [0.05, 0.1) is 5.69 Å². The Labute approximate surface area is 111 Å². The van der Waals surface area contributed by atoms with E-state index in [-0.39, 0.29) is 5.91 Å². The molecule has 1 amide bonds. The Morgan fingerprint density at radius 2 is 2.44 bits per heavy atom. The van der Waals surface area contributed by atoms with Gasteiger partial charge in [-0.05, 0) is 32.4 Å². The molecule has 1 unspecified atom stereocenters. The van der Waals surface area contributed by atoms with Crippen LogP contribution < -0.4 is 11.1 Å². The minimum atomic E-state index is -0.0448. The lowest BCUT2D eigenvalue weighted by molar-refractivity contribution is 0.0950. The predicted molar refractivity (Wildman–Crippen MR) is 73.8 cm³/mol. The molecule has 3 N–H and O–H groups in total. The van der Waals surface area contributed by atoms with E-state index < -0.39 is 0 Å². The Hall–Kier alpha value is -1.14. The van der Waals surface area contributed by atoms with Crippen molar-refractivity contribution in [1.29, 1.82) is 0 Å². The number of nitrogens with two attached hydrogens (primary N) is 1. The van der Waals surface area contributed by atoms with E-state index in [9.17, 15) is 4.79 Å². The Kier molecular flexibility index (Phi) is 4.19. The fourth-order valence-electron chi connectivity index (χ4n) is 2.31. The smallest absolute Gasteiger partial charge is 0.263 e. The van der Waals surface area contributed by atoms with Crippen molar-refractivity contribution < 1.29 is 4.79 Å². The zero-order valence-corrected chi connectivity index (χ0v) is 11.7. The zero-order chi connectivity index (χ0) is 13.1. The van der Waals surface area contributed by atoms with Crippen molar-refractivity contribution in [3.63, 3.8) is 0 Å². The summed E-state index contributed by atoms with van der Waals surface area (Å²) in [6, 6.07) is 0. The molecule has 5 nitrogen and oxygen atoms in total. The average Bonchev–Trinajstić information content (AvgIpc) is 2.92. The van der Waals surface area contributed by atoms with E-state index in [0.29, 0.717) is 15.9 Å². The monoisotopic (exact) mass is 268 g/mol. The largest absolute Gasteiger partial charge is 0.375 e. The first-order chi connectivity index (χ1) is 8.60. The van der Waals surface area contributed by atoms with Crippen molar-refractivity contribution in [1.82, 2.24) is 15.2 Å². The molecule has 1 aliphatic rings. The maximum atomic E-state index is 12.0. The number of likely N-dealkylation sites (tertiary alicyclic amines) is 1. The Bertz CT molecular complexity index is 432. The van der Waals surface area contributed by atoms with Crippen LogP contribution in [0, 0.1) is 12.8 Å². The number of amides is 1. The van der Waals surface area contributed by atoms with Crippen LogP contribution in [-0.4, -0.2) is 42.0 Å². The first-order valence-electron chi connectivity index (χ1n) is 6.33. The van der Waals surface area contributed by atoms with Gasteiger partial charge in [0.2, 0.25) is 0 Å². The number of carbonyl (C=O) groups is 1. The SMILES string of the molecule is CCN1CCC(CNC(=O)c2sc(N)nc2C)C1. The summed E-state index contributed by atoms with van der Waals surface area (Å²) in [5, 5.41) is 3.44. The van der Waals surface area contributed by atoms with Crippen LogP contribution in [-0.2, 0) is 0 Å². The second-order valence-corrected chi connectivity index (χ2v) is 5.76. The second kappa shape index (κ2) is 5.67. The quantitative estimate of drug-likeness (QED) is 0.858. The summed E-state index contributed by atoms with van der Waals surface area (Å²) in [5.41, 5.74) is 6.31. The lowest BCUT2D eigenvalue weighted by Gasteiger charge is -2.13. The number of hydrogen-bond acceptors (Lipinski definition) is 5. The fourth-order valence-corrected chi connectivity index (χ4v) is 3.06. The molecule has 1 atom stereocenters. The third-order valence-corrected chi connectivity index (χ3v) is 4.37. The topological polar surface area (TPSA) is 71.2 Å². The summed E-state index contributed by atoms with van der Waals surface area (Å²) < 4.78 is 0. The van der Waals surface area contributed by atoms with Gasteiger partial charge < -0.3 is 16.0 Å². The van der Waals surface area contributed by atoms with Crippen molar-refractivity contribution >= 4 is 22.4 Å². The normalized spacial score (nSPS) is 20.2. The summed E-state index contributed by atoms with van der Waals surface area (Å²) >= 11 is 1.25. The van der Waals surface area contributed by atoms with Crippen LogP contribution in [0.15, 0.2) is 0 Å². The first-order valence-corrected chi connectivity index (χ1v) is 7.15. The summed E-state index contributed by atoms with van der Waals surface area (Å²) in [6.45, 7) is 8.05. The number of nitrogen functional groups attached to an aromatic ring is 1. The van der Waals surface area contributed by atoms with Gasteiger partial charge in [-0.15, -0.1) is 0 Å². The molecule has 1 aliphatic heterocycles. The lowest BCUT2D eigenvalue weighted by atomic mass is 10.1. The number of aryl methyl sites for hydroxylation is 1.